The normalized spacial score (nSPS) is 15.3. The van der Waals surface area contributed by atoms with Crippen LogP contribution < -0.4 is 5.73 Å². The Morgan fingerprint density at radius 2 is 1.79 bits per heavy atom. The van der Waals surface area contributed by atoms with E-state index in [0.29, 0.717) is 26.2 Å². The highest BCUT2D eigenvalue weighted by molar-refractivity contribution is 6.34. The van der Waals surface area contributed by atoms with Gasteiger partial charge in [0.1, 0.15) is 0 Å². The highest BCUT2D eigenvalue weighted by Gasteiger charge is 2.29. The number of hydrogen-bond acceptors (Lipinski definition) is 5. The Hall–Kier alpha value is -1.96. The van der Waals surface area contributed by atoms with Gasteiger partial charge in [-0.05, 0) is 5.56 Å². The zero-order valence-electron chi connectivity index (χ0n) is 13.9. The predicted molar refractivity (Wildman–Crippen MR) is 91.0 cm³/mol. The number of nitrogens with zero attached hydrogens (tertiary/aromatic N) is 3. The number of amides is 2. The van der Waals surface area contributed by atoms with Crippen molar-refractivity contribution in [2.24, 2.45) is 5.73 Å². The van der Waals surface area contributed by atoms with E-state index in [1.54, 1.807) is 4.90 Å². The summed E-state index contributed by atoms with van der Waals surface area (Å²) in [6, 6.07) is 9.46. The number of hydrogen-bond donors (Lipinski definition) is 2. The first-order valence-corrected chi connectivity index (χ1v) is 8.31. The van der Waals surface area contributed by atoms with E-state index < -0.39 is 11.8 Å². The monoisotopic (exact) mass is 334 g/mol. The molecule has 1 saturated heterocycles. The van der Waals surface area contributed by atoms with E-state index >= 15 is 0 Å². The number of aliphatic hydroxyl groups is 1. The van der Waals surface area contributed by atoms with Gasteiger partial charge in [-0.15, -0.1) is 0 Å². The molecule has 2 rings (SSSR count). The highest BCUT2D eigenvalue weighted by Crippen LogP contribution is 2.08. The van der Waals surface area contributed by atoms with Crippen LogP contribution in [-0.2, 0) is 16.1 Å². The molecule has 1 aliphatic heterocycles. The molecule has 1 aromatic carbocycles. The van der Waals surface area contributed by atoms with Gasteiger partial charge in [0.05, 0.1) is 6.61 Å². The summed E-state index contributed by atoms with van der Waals surface area (Å²) >= 11 is 0. The van der Waals surface area contributed by atoms with E-state index in [9.17, 15) is 14.7 Å². The first kappa shape index (κ1) is 18.4. The summed E-state index contributed by atoms with van der Waals surface area (Å²) in [6.45, 7) is 4.21. The van der Waals surface area contributed by atoms with E-state index in [-0.39, 0.29) is 13.2 Å². The van der Waals surface area contributed by atoms with Gasteiger partial charge in [-0.3, -0.25) is 14.5 Å². The fraction of sp³-hybridized carbons (Fsp3) is 0.529. The van der Waals surface area contributed by atoms with E-state index in [4.69, 9.17) is 5.73 Å². The number of carbonyl (C=O) groups excluding carboxylic acids is 2. The maximum Gasteiger partial charge on any atom is 0.312 e. The van der Waals surface area contributed by atoms with Crippen LogP contribution in [0, 0.1) is 0 Å². The maximum atomic E-state index is 12.5. The van der Waals surface area contributed by atoms with Crippen molar-refractivity contribution in [3.63, 3.8) is 0 Å². The van der Waals surface area contributed by atoms with Gasteiger partial charge < -0.3 is 20.6 Å². The Morgan fingerprint density at radius 1 is 1.12 bits per heavy atom. The third kappa shape index (κ3) is 5.02. The molecular formula is C17H26N4O3. The average Bonchev–Trinajstić information content (AvgIpc) is 2.62. The van der Waals surface area contributed by atoms with E-state index in [2.05, 4.69) is 4.90 Å². The Kier molecular flexibility index (Phi) is 7.17. The van der Waals surface area contributed by atoms with Crippen LogP contribution in [-0.4, -0.2) is 84.0 Å². The second-order valence-electron chi connectivity index (χ2n) is 5.86. The van der Waals surface area contributed by atoms with Crippen molar-refractivity contribution in [3.8, 4) is 0 Å². The van der Waals surface area contributed by atoms with Crippen LogP contribution in [0.3, 0.4) is 0 Å². The molecule has 0 unspecified atom stereocenters. The topological polar surface area (TPSA) is 90.1 Å². The molecule has 3 N–H and O–H groups in total. The summed E-state index contributed by atoms with van der Waals surface area (Å²) in [7, 11) is 0. The molecule has 0 aromatic heterocycles. The Labute approximate surface area is 142 Å². The molecular weight excluding hydrogens is 308 g/mol. The molecule has 0 bridgehead atoms. The number of nitrogens with two attached hydrogens (primary N) is 1. The molecule has 2 amide bonds. The molecule has 0 saturated carbocycles. The van der Waals surface area contributed by atoms with Crippen LogP contribution in [0.2, 0.25) is 0 Å². The molecule has 24 heavy (non-hydrogen) atoms. The maximum absolute atomic E-state index is 12.5. The fourth-order valence-electron chi connectivity index (χ4n) is 2.80. The van der Waals surface area contributed by atoms with E-state index in [1.165, 1.54) is 4.90 Å². The second-order valence-corrected chi connectivity index (χ2v) is 5.86. The number of rotatable bonds is 6. The predicted octanol–water partition coefficient (Wildman–Crippen LogP) is -0.890. The first-order valence-electron chi connectivity index (χ1n) is 8.31. The minimum atomic E-state index is -0.555. The van der Waals surface area contributed by atoms with Crippen LogP contribution in [0.5, 0.6) is 0 Å². The van der Waals surface area contributed by atoms with E-state index in [1.807, 2.05) is 30.3 Å². The van der Waals surface area contributed by atoms with Crippen molar-refractivity contribution < 1.29 is 14.7 Å². The average molecular weight is 334 g/mol. The van der Waals surface area contributed by atoms with Gasteiger partial charge in [0, 0.05) is 52.4 Å². The number of aliphatic hydroxyl groups excluding tert-OH is 1. The van der Waals surface area contributed by atoms with Crippen molar-refractivity contribution in [1.29, 1.82) is 0 Å². The van der Waals surface area contributed by atoms with Crippen LogP contribution in [0.25, 0.3) is 0 Å². The third-order valence-electron chi connectivity index (χ3n) is 4.16. The summed E-state index contributed by atoms with van der Waals surface area (Å²) in [4.78, 5) is 30.2. The quantitative estimate of drug-likeness (QED) is 0.659. The number of carbonyl (C=O) groups is 2. The largest absolute Gasteiger partial charge is 0.395 e. The molecule has 0 atom stereocenters. The summed E-state index contributed by atoms with van der Waals surface area (Å²) in [5.41, 5.74) is 6.47. The molecule has 0 aliphatic carbocycles. The Morgan fingerprint density at radius 3 is 2.38 bits per heavy atom. The zero-order valence-corrected chi connectivity index (χ0v) is 13.9. The summed E-state index contributed by atoms with van der Waals surface area (Å²) in [5.74, 6) is -1.05. The molecule has 1 heterocycles. The van der Waals surface area contributed by atoms with Gasteiger partial charge in [0.2, 0.25) is 0 Å². The van der Waals surface area contributed by atoms with Gasteiger partial charge in [0.15, 0.2) is 0 Å². The van der Waals surface area contributed by atoms with Crippen LogP contribution in [0.15, 0.2) is 30.3 Å². The van der Waals surface area contributed by atoms with Gasteiger partial charge in [-0.2, -0.15) is 0 Å². The molecule has 1 aromatic rings. The standard InChI is InChI=1S/C17H26N4O3/c18-6-7-19-8-10-20(11-9-19)16(23)17(24)21(12-13-22)14-15-4-2-1-3-5-15/h1-5,22H,6-14,18H2. The molecule has 1 fully saturated rings. The molecule has 7 heteroatoms. The summed E-state index contributed by atoms with van der Waals surface area (Å²) in [5, 5.41) is 9.21. The SMILES string of the molecule is NCCN1CCN(C(=O)C(=O)N(CCO)Cc2ccccc2)CC1. The number of benzene rings is 1. The minimum absolute atomic E-state index is 0.145. The van der Waals surface area contributed by atoms with Crippen LogP contribution in [0.4, 0.5) is 0 Å². The van der Waals surface area contributed by atoms with Crippen molar-refractivity contribution in [2.45, 2.75) is 6.54 Å². The van der Waals surface area contributed by atoms with E-state index in [0.717, 1.165) is 25.2 Å². The van der Waals surface area contributed by atoms with Gasteiger partial charge in [-0.1, -0.05) is 30.3 Å². The van der Waals surface area contributed by atoms with Crippen LogP contribution in [0.1, 0.15) is 5.56 Å². The van der Waals surface area contributed by atoms with Crippen LogP contribution >= 0.6 is 0 Å². The van der Waals surface area contributed by atoms with Crippen molar-refractivity contribution in [3.05, 3.63) is 35.9 Å². The smallest absolute Gasteiger partial charge is 0.312 e. The second kappa shape index (κ2) is 9.36. The van der Waals surface area contributed by atoms with Gasteiger partial charge >= 0.3 is 11.8 Å². The lowest BCUT2D eigenvalue weighted by molar-refractivity contribution is -0.153. The van der Waals surface area contributed by atoms with Gasteiger partial charge in [0.25, 0.3) is 0 Å². The summed E-state index contributed by atoms with van der Waals surface area (Å²) in [6.07, 6.45) is 0. The van der Waals surface area contributed by atoms with Crippen molar-refractivity contribution >= 4 is 11.8 Å². The Balaban J connectivity index is 1.95. The molecule has 7 nitrogen and oxygen atoms in total. The lowest BCUT2D eigenvalue weighted by Crippen LogP contribution is -2.54. The Bertz CT molecular complexity index is 530. The molecule has 1 aliphatic rings. The lowest BCUT2D eigenvalue weighted by atomic mass is 10.2. The molecule has 0 spiro atoms. The number of piperazine rings is 1. The summed E-state index contributed by atoms with van der Waals surface area (Å²) < 4.78 is 0. The molecule has 132 valence electrons. The molecule has 0 radical (unpaired) electrons. The first-order chi connectivity index (χ1) is 11.7. The highest BCUT2D eigenvalue weighted by atomic mass is 16.3. The third-order valence-corrected chi connectivity index (χ3v) is 4.16. The van der Waals surface area contributed by atoms with Crippen molar-refractivity contribution in [1.82, 2.24) is 14.7 Å². The fourth-order valence-corrected chi connectivity index (χ4v) is 2.80. The van der Waals surface area contributed by atoms with Gasteiger partial charge in [-0.25, -0.2) is 0 Å². The zero-order chi connectivity index (χ0) is 17.4. The lowest BCUT2D eigenvalue weighted by Gasteiger charge is -2.35. The van der Waals surface area contributed by atoms with Crippen molar-refractivity contribution in [2.75, 3.05) is 52.4 Å². The minimum Gasteiger partial charge on any atom is -0.395 e.